The Kier molecular flexibility index (Phi) is 11.1. The Hall–Kier alpha value is -4.12. The fourth-order valence-corrected chi connectivity index (χ4v) is 10.7. The van der Waals surface area contributed by atoms with Crippen molar-refractivity contribution in [1.82, 2.24) is 19.9 Å². The van der Waals surface area contributed by atoms with Crippen molar-refractivity contribution < 1.29 is 0 Å². The highest BCUT2D eigenvalue weighted by Gasteiger charge is 2.26. The van der Waals surface area contributed by atoms with Crippen LogP contribution in [0.2, 0.25) is 0 Å². The zero-order valence-corrected chi connectivity index (χ0v) is 27.6. The van der Waals surface area contributed by atoms with Crippen molar-refractivity contribution in [3.63, 3.8) is 0 Å². The van der Waals surface area contributed by atoms with Crippen molar-refractivity contribution >= 4 is 49.7 Å². The number of rotatable bonds is 14. The molecule has 44 heavy (non-hydrogen) atoms. The molecule has 0 radical (unpaired) electrons. The van der Waals surface area contributed by atoms with Gasteiger partial charge >= 0.3 is 0 Å². The number of hydrogen-bond donors (Lipinski definition) is 0. The smallest absolute Gasteiger partial charge is 0.128 e. The number of aromatic nitrogens is 4. The summed E-state index contributed by atoms with van der Waals surface area (Å²) < 4.78 is 0. The molecule has 1 aromatic carbocycles. The van der Waals surface area contributed by atoms with Gasteiger partial charge in [-0.2, -0.15) is 0 Å². The van der Waals surface area contributed by atoms with Crippen LogP contribution in [0.25, 0.3) is 0 Å². The molecule has 8 nitrogen and oxygen atoms in total. The number of nitrogens with zero attached hydrogens (tertiary/aromatic N) is 8. The summed E-state index contributed by atoms with van der Waals surface area (Å²) in [6, 6.07) is 33.5. The van der Waals surface area contributed by atoms with Crippen molar-refractivity contribution in [2.24, 2.45) is 0 Å². The monoisotopic (exact) mass is 622 g/mol. The van der Waals surface area contributed by atoms with Gasteiger partial charge < -0.3 is 19.6 Å². The van der Waals surface area contributed by atoms with E-state index >= 15 is 0 Å². The first kappa shape index (κ1) is 31.3. The van der Waals surface area contributed by atoms with Gasteiger partial charge in [0.15, 0.2) is 0 Å². The van der Waals surface area contributed by atoms with Crippen LogP contribution in [-0.2, 0) is 0 Å². The third-order valence-corrected chi connectivity index (χ3v) is 12.6. The molecular formula is C34H40N8P2. The molecule has 0 unspecified atom stereocenters. The first-order valence-corrected chi connectivity index (χ1v) is 18.0. The summed E-state index contributed by atoms with van der Waals surface area (Å²) in [5, 5.41) is 2.84. The van der Waals surface area contributed by atoms with E-state index in [1.165, 1.54) is 10.6 Å². The van der Waals surface area contributed by atoms with Crippen molar-refractivity contribution in [3.8, 4) is 0 Å². The molecule has 10 heteroatoms. The van der Waals surface area contributed by atoms with Crippen molar-refractivity contribution in [1.29, 1.82) is 0 Å². The summed E-state index contributed by atoms with van der Waals surface area (Å²) in [5.41, 5.74) is 0. The average Bonchev–Trinajstić information content (AvgIpc) is 3.09. The molecule has 4 aromatic heterocycles. The molecule has 5 aromatic rings. The molecule has 226 valence electrons. The van der Waals surface area contributed by atoms with Gasteiger partial charge in [-0.05, 0) is 75.0 Å². The summed E-state index contributed by atoms with van der Waals surface area (Å²) in [6.45, 7) is 0. The third kappa shape index (κ3) is 8.28. The van der Waals surface area contributed by atoms with Crippen LogP contribution in [0.15, 0.2) is 122 Å². The highest BCUT2D eigenvalue weighted by atomic mass is 31.1. The first-order chi connectivity index (χ1) is 21.5. The van der Waals surface area contributed by atoms with Gasteiger partial charge in [-0.25, -0.2) is 19.9 Å². The summed E-state index contributed by atoms with van der Waals surface area (Å²) >= 11 is 0. The van der Waals surface area contributed by atoms with Crippen molar-refractivity contribution in [2.45, 2.75) is 0 Å². The minimum absolute atomic E-state index is 0.674. The van der Waals surface area contributed by atoms with E-state index in [1.54, 1.807) is 0 Å². The molecule has 0 atom stereocenters. The van der Waals surface area contributed by atoms with Gasteiger partial charge in [0.05, 0.1) is 0 Å². The molecule has 0 saturated carbocycles. The Morgan fingerprint density at radius 3 is 0.864 bits per heavy atom. The van der Waals surface area contributed by atoms with Gasteiger partial charge in [-0.1, -0.05) is 48.5 Å². The summed E-state index contributed by atoms with van der Waals surface area (Å²) in [5.74, 6) is 3.91. The first-order valence-electron chi connectivity index (χ1n) is 14.6. The highest BCUT2D eigenvalue weighted by Crippen LogP contribution is 2.43. The van der Waals surface area contributed by atoms with Gasteiger partial charge in [0.25, 0.3) is 0 Å². The highest BCUT2D eigenvalue weighted by molar-refractivity contribution is 7.72. The van der Waals surface area contributed by atoms with E-state index < -0.39 is 15.8 Å². The van der Waals surface area contributed by atoms with E-state index in [-0.39, 0.29) is 0 Å². The molecule has 0 N–H and O–H groups in total. The van der Waals surface area contributed by atoms with Crippen LogP contribution < -0.4 is 30.2 Å². The van der Waals surface area contributed by atoms with E-state index in [1.807, 2.05) is 49.1 Å². The average molecular weight is 623 g/mol. The quantitative estimate of drug-likeness (QED) is 0.143. The predicted molar refractivity (Wildman–Crippen MR) is 190 cm³/mol. The molecule has 0 aliphatic carbocycles. The largest absolute Gasteiger partial charge is 0.355 e. The second kappa shape index (κ2) is 15.6. The van der Waals surface area contributed by atoms with Crippen LogP contribution in [0.1, 0.15) is 0 Å². The van der Waals surface area contributed by atoms with Gasteiger partial charge in [0, 0.05) is 78.1 Å². The van der Waals surface area contributed by atoms with E-state index in [2.05, 4.69) is 141 Å². The molecule has 0 aliphatic rings. The molecular weight excluding hydrogens is 582 g/mol. The van der Waals surface area contributed by atoms with E-state index in [9.17, 15) is 0 Å². The maximum Gasteiger partial charge on any atom is 0.128 e. The Labute approximate surface area is 263 Å². The standard InChI is InChI=1S/C34H40N8P2/c1-39(31-17-7-11-21-35-31)25-43(26-40(2)32-18-8-12-22-36-32)29-15-5-6-16-30(29)44(27-41(3)33-19-9-13-23-37-33)28-42(4)34-20-10-14-24-38-34/h5-24H,25-28H2,1-4H3. The van der Waals surface area contributed by atoms with Gasteiger partial charge in [0.1, 0.15) is 23.3 Å². The van der Waals surface area contributed by atoms with Gasteiger partial charge in [0.2, 0.25) is 0 Å². The van der Waals surface area contributed by atoms with Crippen LogP contribution >= 0.6 is 15.8 Å². The summed E-state index contributed by atoms with van der Waals surface area (Å²) in [6.07, 6.45) is 10.9. The van der Waals surface area contributed by atoms with Crippen LogP contribution in [0.4, 0.5) is 23.3 Å². The van der Waals surface area contributed by atoms with Crippen LogP contribution in [0.5, 0.6) is 0 Å². The summed E-state index contributed by atoms with van der Waals surface area (Å²) in [7, 11) is 7.24. The number of anilines is 4. The fraction of sp³-hybridized carbons (Fsp3) is 0.235. The Morgan fingerprint density at radius 1 is 0.386 bits per heavy atom. The van der Waals surface area contributed by atoms with Gasteiger partial charge in [-0.15, -0.1) is 0 Å². The van der Waals surface area contributed by atoms with Crippen LogP contribution in [-0.4, -0.2) is 73.3 Å². The third-order valence-electron chi connectivity index (χ3n) is 7.26. The zero-order chi connectivity index (χ0) is 30.7. The summed E-state index contributed by atoms with van der Waals surface area (Å²) in [4.78, 5) is 27.8. The molecule has 0 spiro atoms. The van der Waals surface area contributed by atoms with Crippen LogP contribution in [0.3, 0.4) is 0 Å². The minimum atomic E-state index is -0.674. The Bertz CT molecular complexity index is 1330. The maximum atomic E-state index is 4.65. The predicted octanol–water partition coefficient (Wildman–Crippen LogP) is 5.86. The zero-order valence-electron chi connectivity index (χ0n) is 25.8. The maximum absolute atomic E-state index is 4.65. The number of hydrogen-bond acceptors (Lipinski definition) is 8. The molecule has 4 heterocycles. The Morgan fingerprint density at radius 2 is 0.636 bits per heavy atom. The topological polar surface area (TPSA) is 64.5 Å². The fourth-order valence-electron chi connectivity index (χ4n) is 5.03. The number of benzene rings is 1. The van der Waals surface area contributed by atoms with Crippen molar-refractivity contribution in [2.75, 3.05) is 72.9 Å². The van der Waals surface area contributed by atoms with E-state index in [0.717, 1.165) is 48.4 Å². The lowest BCUT2D eigenvalue weighted by atomic mass is 10.4. The second-order valence-electron chi connectivity index (χ2n) is 10.7. The second-order valence-corrected chi connectivity index (χ2v) is 14.9. The van der Waals surface area contributed by atoms with Crippen molar-refractivity contribution in [3.05, 3.63) is 122 Å². The molecule has 0 aliphatic heterocycles. The molecule has 5 rings (SSSR count). The number of pyridine rings is 4. The Balaban J connectivity index is 1.52. The lowest BCUT2D eigenvalue weighted by Crippen LogP contribution is -2.36. The van der Waals surface area contributed by atoms with Crippen LogP contribution in [0, 0.1) is 0 Å². The molecule has 0 bridgehead atoms. The van der Waals surface area contributed by atoms with Gasteiger partial charge in [-0.3, -0.25) is 0 Å². The minimum Gasteiger partial charge on any atom is -0.355 e. The SMILES string of the molecule is CN(CP(CN(C)c1ccccn1)c1ccccc1P(CN(C)c1ccccn1)CN(C)c1ccccn1)c1ccccn1. The molecule has 0 fully saturated rings. The molecule has 0 saturated heterocycles. The lowest BCUT2D eigenvalue weighted by molar-refractivity contribution is 1.00. The normalized spacial score (nSPS) is 11.0. The molecule has 0 amide bonds. The van der Waals surface area contributed by atoms with E-state index in [0.29, 0.717) is 0 Å². The lowest BCUT2D eigenvalue weighted by Gasteiger charge is -2.34. The van der Waals surface area contributed by atoms with E-state index in [4.69, 9.17) is 0 Å².